The number of benzene rings is 1. The number of hydrogen-bond acceptors (Lipinski definition) is 3. The van der Waals surface area contributed by atoms with Crippen molar-refractivity contribution in [2.24, 2.45) is 11.7 Å². The molecule has 5 nitrogen and oxygen atoms in total. The van der Waals surface area contributed by atoms with E-state index in [1.165, 1.54) is 0 Å². The van der Waals surface area contributed by atoms with Gasteiger partial charge in [-0.05, 0) is 49.3 Å². The minimum Gasteiger partial charge on any atom is -0.336 e. The van der Waals surface area contributed by atoms with Crippen molar-refractivity contribution in [1.82, 2.24) is 4.90 Å². The van der Waals surface area contributed by atoms with Crippen molar-refractivity contribution in [2.75, 3.05) is 5.32 Å². The first kappa shape index (κ1) is 19.7. The van der Waals surface area contributed by atoms with Gasteiger partial charge < -0.3 is 16.0 Å². The highest BCUT2D eigenvalue weighted by Crippen LogP contribution is 2.29. The van der Waals surface area contributed by atoms with Crippen LogP contribution >= 0.6 is 12.4 Å². The Bertz CT molecular complexity index is 601. The Balaban J connectivity index is 0.00000225. The van der Waals surface area contributed by atoms with Crippen LogP contribution < -0.4 is 11.1 Å². The Morgan fingerprint density at radius 3 is 2.36 bits per heavy atom. The number of carbonyl (C=O) groups is 2. The first-order valence-electron chi connectivity index (χ1n) is 8.94. The fraction of sp³-hybridized carbons (Fsp3) is 0.579. The molecule has 1 aromatic carbocycles. The quantitative estimate of drug-likeness (QED) is 0.813. The molecule has 6 heteroatoms. The molecule has 3 N–H and O–H groups in total. The number of hydrogen-bond donors (Lipinski definition) is 2. The van der Waals surface area contributed by atoms with Crippen LogP contribution in [0.1, 0.15) is 51.0 Å². The summed E-state index contributed by atoms with van der Waals surface area (Å²) in [6, 6.07) is 8.36. The summed E-state index contributed by atoms with van der Waals surface area (Å²) in [5.41, 5.74) is 7.92. The number of anilines is 1. The lowest BCUT2D eigenvalue weighted by molar-refractivity contribution is -0.130. The van der Waals surface area contributed by atoms with Crippen molar-refractivity contribution in [2.45, 2.75) is 64.1 Å². The summed E-state index contributed by atoms with van der Waals surface area (Å²) in [5.74, 6) is 0.475. The molecular formula is C19H28ClN3O2. The summed E-state index contributed by atoms with van der Waals surface area (Å²) >= 11 is 0. The molecule has 0 radical (unpaired) electrons. The van der Waals surface area contributed by atoms with Gasteiger partial charge in [0.2, 0.25) is 11.8 Å². The smallest absolute Gasteiger partial charge is 0.224 e. The largest absolute Gasteiger partial charge is 0.336 e. The lowest BCUT2D eigenvalue weighted by Gasteiger charge is -2.20. The van der Waals surface area contributed by atoms with Gasteiger partial charge in [0.25, 0.3) is 0 Å². The third-order valence-corrected chi connectivity index (χ3v) is 5.15. The molecule has 2 atom stereocenters. The number of carbonyl (C=O) groups excluding carboxylic acids is 2. The molecule has 0 aliphatic heterocycles. The first-order valence-corrected chi connectivity index (χ1v) is 8.94. The van der Waals surface area contributed by atoms with Gasteiger partial charge in [-0.1, -0.05) is 18.6 Å². The summed E-state index contributed by atoms with van der Waals surface area (Å²) in [4.78, 5) is 25.8. The van der Waals surface area contributed by atoms with Crippen LogP contribution in [0.3, 0.4) is 0 Å². The van der Waals surface area contributed by atoms with Gasteiger partial charge in [0.05, 0.1) is 0 Å². The predicted octanol–water partition coefficient (Wildman–Crippen LogP) is 3.08. The standard InChI is InChI=1S/C19H27N3O2.ClH/c1-13(23)22(17-9-10-17)12-14-5-7-16(8-6-14)21-19(24)11-15-3-2-4-18(15)20;/h5-8,15,17-18H,2-4,9-12,20H2,1H3,(H,21,24);1H/t15-,18+;/m0./s1. The summed E-state index contributed by atoms with van der Waals surface area (Å²) in [7, 11) is 0. The van der Waals surface area contributed by atoms with Crippen molar-refractivity contribution in [1.29, 1.82) is 0 Å². The van der Waals surface area contributed by atoms with Gasteiger partial charge in [0, 0.05) is 37.7 Å². The SMILES string of the molecule is CC(=O)N(Cc1ccc(NC(=O)C[C@@H]2CCC[C@H]2N)cc1)C1CC1.Cl. The van der Waals surface area contributed by atoms with Crippen molar-refractivity contribution in [3.05, 3.63) is 29.8 Å². The van der Waals surface area contributed by atoms with Gasteiger partial charge in [0.1, 0.15) is 0 Å². The Hall–Kier alpha value is -1.59. The second-order valence-electron chi connectivity index (χ2n) is 7.18. The average Bonchev–Trinajstić information content (AvgIpc) is 3.30. The molecule has 2 amide bonds. The summed E-state index contributed by atoms with van der Waals surface area (Å²) < 4.78 is 0. The molecule has 0 unspecified atom stereocenters. The molecular weight excluding hydrogens is 338 g/mol. The Morgan fingerprint density at radius 1 is 1.16 bits per heavy atom. The lowest BCUT2D eigenvalue weighted by atomic mass is 10.00. The maximum Gasteiger partial charge on any atom is 0.224 e. The summed E-state index contributed by atoms with van der Waals surface area (Å²) in [5, 5.41) is 2.95. The third kappa shape index (κ3) is 5.44. The van der Waals surface area contributed by atoms with E-state index >= 15 is 0 Å². The molecule has 138 valence electrons. The predicted molar refractivity (Wildman–Crippen MR) is 101 cm³/mol. The number of halogens is 1. The van der Waals surface area contributed by atoms with Gasteiger partial charge in [-0.3, -0.25) is 9.59 Å². The van der Waals surface area contributed by atoms with E-state index in [1.54, 1.807) is 6.92 Å². The average molecular weight is 366 g/mol. The van der Waals surface area contributed by atoms with Crippen molar-refractivity contribution in [3.63, 3.8) is 0 Å². The molecule has 3 rings (SSSR count). The van der Waals surface area contributed by atoms with Crippen LogP contribution in [0, 0.1) is 5.92 Å². The van der Waals surface area contributed by atoms with Crippen LogP contribution in [0.15, 0.2) is 24.3 Å². The molecule has 2 aliphatic rings. The Morgan fingerprint density at radius 2 is 1.84 bits per heavy atom. The minimum atomic E-state index is 0. The molecule has 25 heavy (non-hydrogen) atoms. The topological polar surface area (TPSA) is 75.4 Å². The van der Waals surface area contributed by atoms with E-state index in [2.05, 4.69) is 5.32 Å². The van der Waals surface area contributed by atoms with Gasteiger partial charge in [-0.2, -0.15) is 0 Å². The van der Waals surface area contributed by atoms with Crippen molar-refractivity contribution >= 4 is 29.9 Å². The molecule has 2 fully saturated rings. The number of nitrogens with zero attached hydrogens (tertiary/aromatic N) is 1. The van der Waals surface area contributed by atoms with Crippen molar-refractivity contribution < 1.29 is 9.59 Å². The van der Waals surface area contributed by atoms with Crippen LogP contribution in [0.2, 0.25) is 0 Å². The summed E-state index contributed by atoms with van der Waals surface area (Å²) in [6.07, 6.45) is 5.92. The molecule has 0 spiro atoms. The van der Waals surface area contributed by atoms with Crippen molar-refractivity contribution in [3.8, 4) is 0 Å². The molecule has 1 aromatic rings. The molecule has 0 heterocycles. The number of rotatable bonds is 6. The van der Waals surface area contributed by atoms with E-state index in [9.17, 15) is 9.59 Å². The lowest BCUT2D eigenvalue weighted by Crippen LogP contribution is -2.30. The van der Waals surface area contributed by atoms with Gasteiger partial charge in [0.15, 0.2) is 0 Å². The van der Waals surface area contributed by atoms with Crippen LogP contribution in [-0.4, -0.2) is 28.8 Å². The second kappa shape index (κ2) is 8.68. The Labute approximate surface area is 155 Å². The van der Waals surface area contributed by atoms with E-state index in [0.717, 1.165) is 43.4 Å². The number of nitrogens with one attached hydrogen (secondary N) is 1. The zero-order chi connectivity index (χ0) is 17.1. The van der Waals surface area contributed by atoms with Crippen LogP contribution in [0.25, 0.3) is 0 Å². The maximum absolute atomic E-state index is 12.1. The van der Waals surface area contributed by atoms with E-state index in [4.69, 9.17) is 5.73 Å². The number of nitrogens with two attached hydrogens (primary N) is 1. The minimum absolute atomic E-state index is 0. The van der Waals surface area contributed by atoms with E-state index in [1.807, 2.05) is 29.2 Å². The highest BCUT2D eigenvalue weighted by molar-refractivity contribution is 5.90. The summed E-state index contributed by atoms with van der Waals surface area (Å²) in [6.45, 7) is 2.27. The highest BCUT2D eigenvalue weighted by atomic mass is 35.5. The van der Waals surface area contributed by atoms with Crippen LogP contribution in [0.4, 0.5) is 5.69 Å². The zero-order valence-corrected chi connectivity index (χ0v) is 15.6. The zero-order valence-electron chi connectivity index (χ0n) is 14.7. The van der Waals surface area contributed by atoms with E-state index in [0.29, 0.717) is 24.9 Å². The van der Waals surface area contributed by atoms with Crippen LogP contribution in [0.5, 0.6) is 0 Å². The fourth-order valence-electron chi connectivity index (χ4n) is 3.54. The van der Waals surface area contributed by atoms with Gasteiger partial charge in [-0.25, -0.2) is 0 Å². The molecule has 2 aliphatic carbocycles. The monoisotopic (exact) mass is 365 g/mol. The molecule has 0 aromatic heterocycles. The molecule has 0 bridgehead atoms. The Kier molecular flexibility index (Phi) is 6.85. The maximum atomic E-state index is 12.1. The fourth-order valence-corrected chi connectivity index (χ4v) is 3.54. The van der Waals surface area contributed by atoms with Crippen LogP contribution in [-0.2, 0) is 16.1 Å². The first-order chi connectivity index (χ1) is 11.5. The molecule has 0 saturated heterocycles. The van der Waals surface area contributed by atoms with E-state index < -0.39 is 0 Å². The third-order valence-electron chi connectivity index (χ3n) is 5.15. The van der Waals surface area contributed by atoms with Gasteiger partial charge >= 0.3 is 0 Å². The van der Waals surface area contributed by atoms with E-state index in [-0.39, 0.29) is 30.3 Å². The number of amides is 2. The molecule has 2 saturated carbocycles. The highest BCUT2D eigenvalue weighted by Gasteiger charge is 2.30. The second-order valence-corrected chi connectivity index (χ2v) is 7.18. The normalized spacial score (nSPS) is 22.2. The van der Waals surface area contributed by atoms with Gasteiger partial charge in [-0.15, -0.1) is 12.4 Å².